The van der Waals surface area contributed by atoms with Crippen LogP contribution in [-0.2, 0) is 0 Å². The smallest absolute Gasteiger partial charge is 0.00826 e. The van der Waals surface area contributed by atoms with Gasteiger partial charge in [-0.25, -0.2) is 0 Å². The van der Waals surface area contributed by atoms with Crippen molar-refractivity contribution >= 4 is 9.24 Å². The van der Waals surface area contributed by atoms with Crippen molar-refractivity contribution in [1.82, 2.24) is 0 Å². The fourth-order valence-electron chi connectivity index (χ4n) is 1.54. The maximum atomic E-state index is 4.50. The minimum absolute atomic E-state index is 0.510. The highest BCUT2D eigenvalue weighted by Crippen LogP contribution is 2.31. The molecule has 0 aliphatic heterocycles. The zero-order valence-electron chi connectivity index (χ0n) is 9.74. The summed E-state index contributed by atoms with van der Waals surface area (Å²) < 4.78 is 0. The van der Waals surface area contributed by atoms with E-state index in [1.807, 2.05) is 0 Å². The second-order valence-electron chi connectivity index (χ2n) is 3.33. The molecule has 0 aliphatic rings. The van der Waals surface area contributed by atoms with E-state index in [9.17, 15) is 0 Å². The maximum Gasteiger partial charge on any atom is 0.00826 e. The lowest BCUT2D eigenvalue weighted by molar-refractivity contribution is 0.711. The number of benzene rings is 1. The molecule has 1 rings (SSSR count). The van der Waals surface area contributed by atoms with Crippen LogP contribution in [0.1, 0.15) is 31.2 Å². The first-order valence-electron chi connectivity index (χ1n) is 5.32. The molecule has 0 aromatic heterocycles. The zero-order chi connectivity index (χ0) is 11.7. The first kappa shape index (κ1) is 14.3. The van der Waals surface area contributed by atoms with Crippen LogP contribution in [0, 0.1) is 0 Å². The number of hydrogen-bond donors (Lipinski definition) is 1. The van der Waals surface area contributed by atoms with Crippen molar-refractivity contribution in [3.63, 3.8) is 0 Å². The van der Waals surface area contributed by atoms with E-state index in [0.29, 0.717) is 5.92 Å². The molecule has 1 aromatic rings. The molecular formula is C13H22NP. The molecule has 84 valence electrons. The third-order valence-electron chi connectivity index (χ3n) is 2.23. The lowest BCUT2D eigenvalue weighted by Gasteiger charge is -2.15. The molecule has 0 amide bonds. The molecule has 0 bridgehead atoms. The molecule has 2 heteroatoms. The molecule has 1 nitrogen and oxygen atoms in total. The number of nitrogens with two attached hydrogens (primary N) is 1. The number of hydrogen-bond acceptors (Lipinski definition) is 1. The molecule has 0 spiro atoms. The Morgan fingerprint density at radius 3 is 2.27 bits per heavy atom. The summed E-state index contributed by atoms with van der Waals surface area (Å²) in [6, 6.07) is 10.6. The molecule has 0 heterocycles. The van der Waals surface area contributed by atoms with Gasteiger partial charge in [-0.15, -0.1) is 9.24 Å². The van der Waals surface area contributed by atoms with Gasteiger partial charge in [0, 0.05) is 5.92 Å². The second-order valence-corrected chi connectivity index (χ2v) is 4.07. The van der Waals surface area contributed by atoms with Crippen LogP contribution in [0.5, 0.6) is 0 Å². The molecule has 2 N–H and O–H groups in total. The minimum atomic E-state index is 0.510. The van der Waals surface area contributed by atoms with Crippen molar-refractivity contribution in [2.45, 2.75) is 25.7 Å². The van der Waals surface area contributed by atoms with Gasteiger partial charge in [0.15, 0.2) is 0 Å². The Morgan fingerprint density at radius 2 is 1.87 bits per heavy atom. The van der Waals surface area contributed by atoms with Gasteiger partial charge >= 0.3 is 0 Å². The van der Waals surface area contributed by atoms with Crippen LogP contribution in [0.4, 0.5) is 0 Å². The number of rotatable bonds is 4. The topological polar surface area (TPSA) is 26.0 Å². The van der Waals surface area contributed by atoms with Crippen LogP contribution in [0.15, 0.2) is 42.2 Å². The Balaban J connectivity index is 0.000000921. The first-order valence-corrected chi connectivity index (χ1v) is 5.90. The molecule has 15 heavy (non-hydrogen) atoms. The Kier molecular flexibility index (Phi) is 8.27. The first-order chi connectivity index (χ1) is 7.25. The van der Waals surface area contributed by atoms with E-state index in [4.69, 9.17) is 0 Å². The maximum absolute atomic E-state index is 4.50. The Labute approximate surface area is 96.0 Å². The monoisotopic (exact) mass is 223 g/mol. The van der Waals surface area contributed by atoms with Crippen LogP contribution < -0.4 is 5.73 Å². The third-order valence-corrected chi connectivity index (χ3v) is 2.63. The largest absolute Gasteiger partial charge is 0.333 e. The Hall–Kier alpha value is -0.650. The van der Waals surface area contributed by atoms with Crippen molar-refractivity contribution in [2.75, 3.05) is 7.05 Å². The van der Waals surface area contributed by atoms with Gasteiger partial charge in [0.1, 0.15) is 0 Å². The average Bonchev–Trinajstić information content (AvgIpc) is 2.29. The quantitative estimate of drug-likeness (QED) is 0.776. The van der Waals surface area contributed by atoms with Crippen molar-refractivity contribution in [1.29, 1.82) is 0 Å². The summed E-state index contributed by atoms with van der Waals surface area (Å²) in [4.78, 5) is 0. The van der Waals surface area contributed by atoms with Crippen LogP contribution in [-0.4, -0.2) is 7.05 Å². The highest BCUT2D eigenvalue weighted by Gasteiger charge is 2.09. The van der Waals surface area contributed by atoms with E-state index < -0.39 is 0 Å². The van der Waals surface area contributed by atoms with Gasteiger partial charge in [-0.3, -0.25) is 0 Å². The predicted octanol–water partition coefficient (Wildman–Crippen LogP) is 3.53. The molecule has 0 fully saturated rings. The SMILES string of the molecule is C=C(P)C(CCC)c1ccccc1.CN. The fourth-order valence-corrected chi connectivity index (χ4v) is 1.90. The molecule has 1 aromatic carbocycles. The van der Waals surface area contributed by atoms with E-state index in [1.54, 1.807) is 0 Å². The van der Waals surface area contributed by atoms with Crippen LogP contribution in [0.3, 0.4) is 0 Å². The standard InChI is InChI=1S/C12H17P.CH5N/c1-3-7-12(10(2)13)11-8-5-4-6-9-11;1-2/h4-6,8-9,12H,2-3,7,13H2,1H3;2H2,1H3. The molecule has 2 atom stereocenters. The molecule has 0 saturated carbocycles. The van der Waals surface area contributed by atoms with Crippen LogP contribution in [0.25, 0.3) is 0 Å². The summed E-state index contributed by atoms with van der Waals surface area (Å²) in [5.74, 6) is 0.510. The zero-order valence-corrected chi connectivity index (χ0v) is 10.9. The second kappa shape index (κ2) is 8.64. The summed E-state index contributed by atoms with van der Waals surface area (Å²) in [6.45, 7) is 6.23. The summed E-state index contributed by atoms with van der Waals surface area (Å²) in [5.41, 5.74) is 5.88. The summed E-state index contributed by atoms with van der Waals surface area (Å²) in [6.07, 6.45) is 2.39. The Morgan fingerprint density at radius 1 is 1.33 bits per heavy atom. The van der Waals surface area contributed by atoms with Crippen LogP contribution >= 0.6 is 9.24 Å². The van der Waals surface area contributed by atoms with Gasteiger partial charge in [0.2, 0.25) is 0 Å². The molecule has 2 unspecified atom stereocenters. The highest BCUT2D eigenvalue weighted by atomic mass is 31.0. The molecule has 0 radical (unpaired) electrons. The minimum Gasteiger partial charge on any atom is -0.333 e. The van der Waals surface area contributed by atoms with Crippen molar-refractivity contribution in [2.24, 2.45) is 5.73 Å². The van der Waals surface area contributed by atoms with E-state index in [1.165, 1.54) is 30.8 Å². The summed E-state index contributed by atoms with van der Waals surface area (Å²) >= 11 is 0. The lowest BCUT2D eigenvalue weighted by atomic mass is 9.94. The molecule has 0 saturated heterocycles. The number of allylic oxidation sites excluding steroid dienone is 1. The van der Waals surface area contributed by atoms with E-state index in [0.717, 1.165) is 0 Å². The molecule has 0 aliphatic carbocycles. The van der Waals surface area contributed by atoms with E-state index in [2.05, 4.69) is 58.8 Å². The van der Waals surface area contributed by atoms with Gasteiger partial charge in [-0.1, -0.05) is 55.6 Å². The lowest BCUT2D eigenvalue weighted by Crippen LogP contribution is -1.96. The van der Waals surface area contributed by atoms with Gasteiger partial charge in [-0.2, -0.15) is 0 Å². The van der Waals surface area contributed by atoms with Gasteiger partial charge < -0.3 is 5.73 Å². The van der Waals surface area contributed by atoms with E-state index in [-0.39, 0.29) is 0 Å². The summed E-state index contributed by atoms with van der Waals surface area (Å²) in [5, 5.41) is 1.19. The highest BCUT2D eigenvalue weighted by molar-refractivity contribution is 7.22. The predicted molar refractivity (Wildman–Crippen MR) is 73.1 cm³/mol. The Bertz CT molecular complexity index is 269. The van der Waals surface area contributed by atoms with E-state index >= 15 is 0 Å². The van der Waals surface area contributed by atoms with Gasteiger partial charge in [0.05, 0.1) is 0 Å². The van der Waals surface area contributed by atoms with Crippen molar-refractivity contribution < 1.29 is 0 Å². The summed E-state index contributed by atoms with van der Waals surface area (Å²) in [7, 11) is 4.23. The van der Waals surface area contributed by atoms with Gasteiger partial charge in [0.25, 0.3) is 0 Å². The van der Waals surface area contributed by atoms with Gasteiger partial charge in [-0.05, 0) is 19.0 Å². The van der Waals surface area contributed by atoms with Crippen molar-refractivity contribution in [3.8, 4) is 0 Å². The molecular weight excluding hydrogens is 201 g/mol. The third kappa shape index (κ3) is 5.11. The van der Waals surface area contributed by atoms with Crippen molar-refractivity contribution in [3.05, 3.63) is 47.8 Å². The van der Waals surface area contributed by atoms with Crippen LogP contribution in [0.2, 0.25) is 0 Å². The fraction of sp³-hybridized carbons (Fsp3) is 0.385. The average molecular weight is 223 g/mol. The normalized spacial score (nSPS) is 11.2.